The van der Waals surface area contributed by atoms with Crippen LogP contribution in [-0.2, 0) is 4.79 Å². The molecule has 20 heavy (non-hydrogen) atoms. The first-order valence-electron chi connectivity index (χ1n) is 7.71. The van der Waals surface area contributed by atoms with Gasteiger partial charge in [-0.05, 0) is 30.6 Å². The van der Waals surface area contributed by atoms with Crippen LogP contribution in [0.2, 0.25) is 0 Å². The van der Waals surface area contributed by atoms with Crippen LogP contribution in [0.15, 0.2) is 0 Å². The Labute approximate surface area is 121 Å². The first kappa shape index (κ1) is 16.8. The summed E-state index contributed by atoms with van der Waals surface area (Å²) in [6.45, 7) is 6.66. The van der Waals surface area contributed by atoms with Crippen LogP contribution in [0.3, 0.4) is 0 Å². The van der Waals surface area contributed by atoms with Crippen molar-refractivity contribution in [1.29, 1.82) is 0 Å². The number of rotatable bonds is 6. The quantitative estimate of drug-likeness (QED) is 0.701. The highest BCUT2D eigenvalue weighted by molar-refractivity contribution is 5.82. The molecule has 5 heteroatoms. The third-order valence-electron chi connectivity index (χ3n) is 4.45. The summed E-state index contributed by atoms with van der Waals surface area (Å²) in [4.78, 5) is 22.9. The summed E-state index contributed by atoms with van der Waals surface area (Å²) in [7, 11) is 0. The van der Waals surface area contributed by atoms with Crippen molar-refractivity contribution in [2.75, 3.05) is 6.54 Å². The summed E-state index contributed by atoms with van der Waals surface area (Å²) in [5, 5.41) is 14.5. The molecule has 0 aromatic heterocycles. The molecule has 0 bridgehead atoms. The van der Waals surface area contributed by atoms with Gasteiger partial charge in [-0.3, -0.25) is 0 Å². The van der Waals surface area contributed by atoms with Crippen molar-refractivity contribution < 1.29 is 14.7 Å². The minimum atomic E-state index is -0.971. The lowest BCUT2D eigenvalue weighted by atomic mass is 9.83. The number of carboxylic acid groups (broad SMARTS) is 1. The van der Waals surface area contributed by atoms with E-state index >= 15 is 0 Å². The molecule has 1 fully saturated rings. The molecular weight excluding hydrogens is 256 g/mol. The summed E-state index contributed by atoms with van der Waals surface area (Å²) >= 11 is 0. The maximum Gasteiger partial charge on any atom is 0.326 e. The maximum absolute atomic E-state index is 11.8. The van der Waals surface area contributed by atoms with Crippen LogP contribution < -0.4 is 10.6 Å². The molecule has 3 N–H and O–H groups in total. The Morgan fingerprint density at radius 2 is 1.85 bits per heavy atom. The highest BCUT2D eigenvalue weighted by atomic mass is 16.4. The molecule has 0 radical (unpaired) electrons. The van der Waals surface area contributed by atoms with E-state index < -0.39 is 12.0 Å². The lowest BCUT2D eigenvalue weighted by molar-refractivity contribution is -0.140. The highest BCUT2D eigenvalue weighted by Crippen LogP contribution is 2.27. The SMILES string of the molecule is CC[C@H](C)[C@H](NC(=O)NCC1CCC(C)CC1)C(=O)O. The highest BCUT2D eigenvalue weighted by Gasteiger charge is 2.25. The second-order valence-corrected chi connectivity index (χ2v) is 6.18. The fraction of sp³-hybridized carbons (Fsp3) is 0.867. The number of hydrogen-bond donors (Lipinski definition) is 3. The Morgan fingerprint density at radius 3 is 2.35 bits per heavy atom. The number of hydrogen-bond acceptors (Lipinski definition) is 2. The van der Waals surface area contributed by atoms with E-state index in [-0.39, 0.29) is 11.9 Å². The Balaban J connectivity index is 2.33. The van der Waals surface area contributed by atoms with Crippen LogP contribution in [-0.4, -0.2) is 29.7 Å². The van der Waals surface area contributed by atoms with Crippen LogP contribution >= 0.6 is 0 Å². The normalized spacial score (nSPS) is 25.6. The van der Waals surface area contributed by atoms with Gasteiger partial charge < -0.3 is 15.7 Å². The molecule has 1 aliphatic carbocycles. The van der Waals surface area contributed by atoms with Crippen molar-refractivity contribution in [2.24, 2.45) is 17.8 Å². The number of carbonyl (C=O) groups excluding carboxylic acids is 1. The van der Waals surface area contributed by atoms with Gasteiger partial charge in [-0.1, -0.05) is 40.0 Å². The van der Waals surface area contributed by atoms with Gasteiger partial charge in [-0.2, -0.15) is 0 Å². The molecule has 0 unspecified atom stereocenters. The molecule has 0 aromatic carbocycles. The molecule has 1 rings (SSSR count). The van der Waals surface area contributed by atoms with E-state index in [1.807, 2.05) is 13.8 Å². The zero-order valence-corrected chi connectivity index (χ0v) is 12.8. The number of carboxylic acids is 1. The van der Waals surface area contributed by atoms with Crippen molar-refractivity contribution in [3.8, 4) is 0 Å². The van der Waals surface area contributed by atoms with E-state index in [0.29, 0.717) is 12.5 Å². The number of aliphatic carboxylic acids is 1. The fourth-order valence-corrected chi connectivity index (χ4v) is 2.65. The first-order chi connectivity index (χ1) is 9.43. The van der Waals surface area contributed by atoms with Gasteiger partial charge in [0, 0.05) is 6.54 Å². The Morgan fingerprint density at radius 1 is 1.25 bits per heavy atom. The number of carbonyl (C=O) groups is 2. The second kappa shape index (κ2) is 8.12. The van der Waals surface area contributed by atoms with Gasteiger partial charge >= 0.3 is 12.0 Å². The predicted molar refractivity (Wildman–Crippen MR) is 78.5 cm³/mol. The van der Waals surface area contributed by atoms with Crippen LogP contribution in [0.1, 0.15) is 52.9 Å². The van der Waals surface area contributed by atoms with Gasteiger partial charge in [-0.25, -0.2) is 9.59 Å². The van der Waals surface area contributed by atoms with Gasteiger partial charge in [0.25, 0.3) is 0 Å². The Bertz CT molecular complexity index is 325. The lowest BCUT2D eigenvalue weighted by Crippen LogP contribution is -2.50. The summed E-state index contributed by atoms with van der Waals surface area (Å²) in [6, 6.07) is -1.18. The fourth-order valence-electron chi connectivity index (χ4n) is 2.65. The van der Waals surface area contributed by atoms with Crippen LogP contribution in [0.4, 0.5) is 4.79 Å². The molecule has 0 heterocycles. The lowest BCUT2D eigenvalue weighted by Gasteiger charge is -2.27. The van der Waals surface area contributed by atoms with Gasteiger partial charge in [-0.15, -0.1) is 0 Å². The zero-order chi connectivity index (χ0) is 15.1. The molecular formula is C15H28N2O3. The molecule has 5 nitrogen and oxygen atoms in total. The van der Waals surface area contributed by atoms with Gasteiger partial charge in [0.2, 0.25) is 0 Å². The molecule has 0 saturated heterocycles. The predicted octanol–water partition coefficient (Wildman–Crippen LogP) is 2.61. The summed E-state index contributed by atoms with van der Waals surface area (Å²) < 4.78 is 0. The molecule has 2 amide bonds. The maximum atomic E-state index is 11.8. The third-order valence-corrected chi connectivity index (χ3v) is 4.45. The average molecular weight is 284 g/mol. The molecule has 2 atom stereocenters. The van der Waals surface area contributed by atoms with E-state index in [9.17, 15) is 9.59 Å². The first-order valence-corrected chi connectivity index (χ1v) is 7.71. The minimum absolute atomic E-state index is 0.0752. The summed E-state index contributed by atoms with van der Waals surface area (Å²) in [6.07, 6.45) is 5.46. The van der Waals surface area contributed by atoms with E-state index in [0.717, 1.165) is 25.2 Å². The molecule has 1 saturated carbocycles. The number of urea groups is 1. The number of amides is 2. The Kier molecular flexibility index (Phi) is 6.82. The third kappa shape index (κ3) is 5.39. The minimum Gasteiger partial charge on any atom is -0.480 e. The number of nitrogens with one attached hydrogen (secondary N) is 2. The Hall–Kier alpha value is -1.26. The molecule has 0 aliphatic heterocycles. The standard InChI is InChI=1S/C15H28N2O3/c1-4-11(3)13(14(18)19)17-15(20)16-9-12-7-5-10(2)6-8-12/h10-13H,4-9H2,1-3H3,(H,18,19)(H2,16,17,20)/t10?,11-,12?,13-/m0/s1. The van der Waals surface area contributed by atoms with E-state index in [1.54, 1.807) is 0 Å². The van der Waals surface area contributed by atoms with Crippen LogP contribution in [0.25, 0.3) is 0 Å². The van der Waals surface area contributed by atoms with Gasteiger partial charge in [0.05, 0.1) is 0 Å². The van der Waals surface area contributed by atoms with Crippen molar-refractivity contribution >= 4 is 12.0 Å². The molecule has 1 aliphatic rings. The average Bonchev–Trinajstić information content (AvgIpc) is 2.43. The van der Waals surface area contributed by atoms with E-state index in [2.05, 4.69) is 17.6 Å². The smallest absolute Gasteiger partial charge is 0.326 e. The molecule has 0 aromatic rings. The van der Waals surface area contributed by atoms with E-state index in [1.165, 1.54) is 12.8 Å². The molecule has 116 valence electrons. The topological polar surface area (TPSA) is 78.4 Å². The summed E-state index contributed by atoms with van der Waals surface area (Å²) in [5.74, 6) is 0.278. The largest absolute Gasteiger partial charge is 0.480 e. The summed E-state index contributed by atoms with van der Waals surface area (Å²) in [5.41, 5.74) is 0. The monoisotopic (exact) mass is 284 g/mol. The van der Waals surface area contributed by atoms with Crippen molar-refractivity contribution in [3.63, 3.8) is 0 Å². The van der Waals surface area contributed by atoms with Crippen LogP contribution in [0, 0.1) is 17.8 Å². The van der Waals surface area contributed by atoms with Crippen molar-refractivity contribution in [3.05, 3.63) is 0 Å². The second-order valence-electron chi connectivity index (χ2n) is 6.18. The van der Waals surface area contributed by atoms with E-state index in [4.69, 9.17) is 5.11 Å². The van der Waals surface area contributed by atoms with Gasteiger partial charge in [0.1, 0.15) is 6.04 Å². The van der Waals surface area contributed by atoms with Crippen molar-refractivity contribution in [2.45, 2.75) is 58.9 Å². The van der Waals surface area contributed by atoms with Crippen molar-refractivity contribution in [1.82, 2.24) is 10.6 Å². The van der Waals surface area contributed by atoms with Crippen LogP contribution in [0.5, 0.6) is 0 Å². The van der Waals surface area contributed by atoms with Gasteiger partial charge in [0.15, 0.2) is 0 Å². The zero-order valence-electron chi connectivity index (χ0n) is 12.8. The molecule has 0 spiro atoms.